The third kappa shape index (κ3) is 3.77. The molecule has 1 amide bonds. The van der Waals surface area contributed by atoms with Crippen LogP contribution in [-0.2, 0) is 0 Å². The topological polar surface area (TPSA) is 66.9 Å². The summed E-state index contributed by atoms with van der Waals surface area (Å²) in [6.07, 6.45) is 3.40. The minimum atomic E-state index is -0.174. The van der Waals surface area contributed by atoms with Gasteiger partial charge in [-0.15, -0.1) is 0 Å². The van der Waals surface area contributed by atoms with E-state index in [1.807, 2.05) is 18.2 Å². The number of amides is 1. The maximum absolute atomic E-state index is 12.9. The molecule has 3 atom stereocenters. The van der Waals surface area contributed by atoms with Crippen LogP contribution in [0.4, 0.5) is 0 Å². The first-order valence-electron chi connectivity index (χ1n) is 10.1. The quantitative estimate of drug-likeness (QED) is 0.624. The zero-order valence-corrected chi connectivity index (χ0v) is 17.5. The fourth-order valence-electron chi connectivity index (χ4n) is 4.20. The fraction of sp³-hybridized carbons (Fsp3) is 0.348. The Hall–Kier alpha value is -2.73. The summed E-state index contributed by atoms with van der Waals surface area (Å²) in [6.45, 7) is 4.47. The maximum atomic E-state index is 12.9. The summed E-state index contributed by atoms with van der Waals surface area (Å²) in [4.78, 5) is 28.7. The monoisotopic (exact) mass is 407 g/mol. The lowest BCUT2D eigenvalue weighted by Gasteiger charge is -2.34. The van der Waals surface area contributed by atoms with Gasteiger partial charge in [-0.25, -0.2) is 0 Å². The number of aromatic nitrogens is 2. The Bertz CT molecular complexity index is 1160. The highest BCUT2D eigenvalue weighted by Crippen LogP contribution is 2.29. The Labute approximate surface area is 174 Å². The molecule has 29 heavy (non-hydrogen) atoms. The standard InChI is InChI=1S/C23H25N3O2S/c1-14-6-5-9-19(15(14)2)24-21(27)16-10-12-17(13-11-16)26-22(28)18-7-3-4-8-20(18)25-23(26)29/h3-4,7-8,10-15,19H,5-6,9H2,1-2H3,(H,24,27)(H,25,29)/t14-,15+,19+/m1/s1. The van der Waals surface area contributed by atoms with Crippen LogP contribution in [-0.4, -0.2) is 21.5 Å². The van der Waals surface area contributed by atoms with E-state index >= 15 is 0 Å². The number of aromatic amines is 1. The highest BCUT2D eigenvalue weighted by Gasteiger charge is 2.28. The number of H-pyrrole nitrogens is 1. The summed E-state index contributed by atoms with van der Waals surface area (Å²) in [6, 6.07) is 14.5. The van der Waals surface area contributed by atoms with Crippen LogP contribution < -0.4 is 10.9 Å². The first-order chi connectivity index (χ1) is 14.0. The minimum Gasteiger partial charge on any atom is -0.349 e. The van der Waals surface area contributed by atoms with E-state index in [0.717, 1.165) is 12.8 Å². The Morgan fingerprint density at radius 1 is 1.10 bits per heavy atom. The minimum absolute atomic E-state index is 0.0708. The third-order valence-corrected chi connectivity index (χ3v) is 6.50. The Morgan fingerprint density at radius 2 is 1.83 bits per heavy atom. The second-order valence-corrected chi connectivity index (χ2v) is 8.40. The second kappa shape index (κ2) is 7.95. The van der Waals surface area contributed by atoms with Crippen LogP contribution in [0, 0.1) is 16.6 Å². The first-order valence-corrected chi connectivity index (χ1v) is 10.5. The van der Waals surface area contributed by atoms with E-state index in [1.54, 1.807) is 30.3 Å². The van der Waals surface area contributed by atoms with Gasteiger partial charge in [-0.1, -0.05) is 38.8 Å². The van der Waals surface area contributed by atoms with Crippen LogP contribution in [0.2, 0.25) is 0 Å². The number of para-hydroxylation sites is 1. The van der Waals surface area contributed by atoms with E-state index in [1.165, 1.54) is 11.0 Å². The highest BCUT2D eigenvalue weighted by atomic mass is 32.1. The number of fused-ring (bicyclic) bond motifs is 1. The molecule has 150 valence electrons. The average Bonchev–Trinajstić information content (AvgIpc) is 2.72. The van der Waals surface area contributed by atoms with Crippen molar-refractivity contribution in [2.75, 3.05) is 0 Å². The van der Waals surface area contributed by atoms with Crippen LogP contribution in [0.1, 0.15) is 43.5 Å². The van der Waals surface area contributed by atoms with Gasteiger partial charge in [0.25, 0.3) is 11.5 Å². The lowest BCUT2D eigenvalue weighted by molar-refractivity contribution is 0.0891. The van der Waals surface area contributed by atoms with E-state index in [2.05, 4.69) is 24.1 Å². The molecule has 3 aromatic rings. The predicted octanol–water partition coefficient (Wildman–Crippen LogP) is 4.60. The van der Waals surface area contributed by atoms with Gasteiger partial charge in [0.05, 0.1) is 16.6 Å². The first kappa shape index (κ1) is 19.6. The number of benzene rings is 2. The van der Waals surface area contributed by atoms with Gasteiger partial charge in [0.2, 0.25) is 0 Å². The van der Waals surface area contributed by atoms with E-state index in [0.29, 0.717) is 38.8 Å². The molecule has 1 aliphatic carbocycles. The number of carbonyl (C=O) groups is 1. The van der Waals surface area contributed by atoms with Crippen molar-refractivity contribution in [2.45, 2.75) is 39.2 Å². The van der Waals surface area contributed by atoms with Gasteiger partial charge in [0.15, 0.2) is 4.77 Å². The molecule has 0 aliphatic heterocycles. The summed E-state index contributed by atoms with van der Waals surface area (Å²) in [7, 11) is 0. The van der Waals surface area contributed by atoms with Crippen LogP contribution >= 0.6 is 12.2 Å². The number of rotatable bonds is 3. The number of nitrogens with one attached hydrogen (secondary N) is 2. The Morgan fingerprint density at radius 3 is 2.59 bits per heavy atom. The van der Waals surface area contributed by atoms with Crippen molar-refractivity contribution < 1.29 is 4.79 Å². The van der Waals surface area contributed by atoms with Crippen LogP contribution in [0.3, 0.4) is 0 Å². The van der Waals surface area contributed by atoms with E-state index in [-0.39, 0.29) is 17.5 Å². The molecule has 5 nitrogen and oxygen atoms in total. The van der Waals surface area contributed by atoms with Crippen molar-refractivity contribution in [2.24, 2.45) is 11.8 Å². The van der Waals surface area contributed by atoms with Gasteiger partial charge >= 0.3 is 0 Å². The lowest BCUT2D eigenvalue weighted by Crippen LogP contribution is -2.43. The molecule has 1 heterocycles. The van der Waals surface area contributed by atoms with Crippen molar-refractivity contribution in [3.05, 3.63) is 69.2 Å². The molecule has 0 unspecified atom stereocenters. The van der Waals surface area contributed by atoms with Crippen molar-refractivity contribution >= 4 is 29.0 Å². The van der Waals surface area contributed by atoms with Crippen LogP contribution in [0.5, 0.6) is 0 Å². The van der Waals surface area contributed by atoms with Crippen LogP contribution in [0.25, 0.3) is 16.6 Å². The fourth-order valence-corrected chi connectivity index (χ4v) is 4.49. The summed E-state index contributed by atoms with van der Waals surface area (Å²) < 4.78 is 1.79. The van der Waals surface area contributed by atoms with Crippen molar-refractivity contribution in [3.63, 3.8) is 0 Å². The number of nitrogens with zero attached hydrogens (tertiary/aromatic N) is 1. The third-order valence-electron chi connectivity index (χ3n) is 6.22. The summed E-state index contributed by atoms with van der Waals surface area (Å²) in [5.74, 6) is 1.03. The van der Waals surface area contributed by atoms with Gasteiger partial charge in [0.1, 0.15) is 0 Å². The van der Waals surface area contributed by atoms with Gasteiger partial charge < -0.3 is 10.3 Å². The molecular weight excluding hydrogens is 382 g/mol. The molecule has 4 rings (SSSR count). The SMILES string of the molecule is C[C@H]1[C@H](C)CCC[C@@H]1NC(=O)c1ccc(-n2c(=S)[nH]c3ccccc3c2=O)cc1. The molecule has 0 spiro atoms. The van der Waals surface area contributed by atoms with Gasteiger partial charge in [-0.3, -0.25) is 14.2 Å². The van der Waals surface area contributed by atoms with Gasteiger partial charge in [-0.2, -0.15) is 0 Å². The molecule has 2 N–H and O–H groups in total. The molecule has 1 fully saturated rings. The molecular formula is C23H25N3O2S. The maximum Gasteiger partial charge on any atom is 0.266 e. The van der Waals surface area contributed by atoms with Gasteiger partial charge in [-0.05, 0) is 66.9 Å². The predicted molar refractivity (Wildman–Crippen MR) is 118 cm³/mol. The molecule has 1 aliphatic rings. The van der Waals surface area contributed by atoms with Crippen molar-refractivity contribution in [3.8, 4) is 5.69 Å². The average molecular weight is 408 g/mol. The second-order valence-electron chi connectivity index (χ2n) is 8.01. The Balaban J connectivity index is 1.60. The molecule has 0 saturated heterocycles. The van der Waals surface area contributed by atoms with Gasteiger partial charge in [0, 0.05) is 11.6 Å². The van der Waals surface area contributed by atoms with Crippen LogP contribution in [0.15, 0.2) is 53.3 Å². The Kier molecular flexibility index (Phi) is 5.37. The summed E-state index contributed by atoms with van der Waals surface area (Å²) in [5.41, 5.74) is 1.76. The van der Waals surface area contributed by atoms with E-state index < -0.39 is 0 Å². The zero-order chi connectivity index (χ0) is 20.5. The lowest BCUT2D eigenvalue weighted by atomic mass is 9.78. The normalized spacial score (nSPS) is 21.8. The highest BCUT2D eigenvalue weighted by molar-refractivity contribution is 7.71. The van der Waals surface area contributed by atoms with E-state index in [9.17, 15) is 9.59 Å². The molecule has 0 bridgehead atoms. The number of hydrogen-bond acceptors (Lipinski definition) is 3. The number of carbonyl (C=O) groups excluding carboxylic acids is 1. The van der Waals surface area contributed by atoms with Crippen molar-refractivity contribution in [1.82, 2.24) is 14.9 Å². The van der Waals surface area contributed by atoms with E-state index in [4.69, 9.17) is 12.2 Å². The number of hydrogen-bond donors (Lipinski definition) is 2. The smallest absolute Gasteiger partial charge is 0.266 e. The van der Waals surface area contributed by atoms with Crippen molar-refractivity contribution in [1.29, 1.82) is 0 Å². The summed E-state index contributed by atoms with van der Waals surface area (Å²) >= 11 is 5.39. The molecule has 6 heteroatoms. The molecule has 1 saturated carbocycles. The molecule has 0 radical (unpaired) electrons. The molecule has 1 aromatic heterocycles. The zero-order valence-electron chi connectivity index (χ0n) is 16.6. The summed E-state index contributed by atoms with van der Waals surface area (Å²) in [5, 5.41) is 3.76. The largest absolute Gasteiger partial charge is 0.349 e. The molecule has 2 aromatic carbocycles.